The highest BCUT2D eigenvalue weighted by Crippen LogP contribution is 2.35. The van der Waals surface area contributed by atoms with Crippen molar-refractivity contribution in [2.45, 2.75) is 18.9 Å². The molecule has 3 aromatic rings. The van der Waals surface area contributed by atoms with Crippen molar-refractivity contribution in [2.75, 3.05) is 25.6 Å². The number of methoxy groups -OCH3 is 1. The Bertz CT molecular complexity index is 1380. The first-order valence-corrected chi connectivity index (χ1v) is 12.3. The number of imide groups is 1. The van der Waals surface area contributed by atoms with E-state index in [1.54, 1.807) is 42.5 Å². The third kappa shape index (κ3) is 5.13. The number of ether oxygens (including phenoxy) is 3. The molecule has 3 amide bonds. The van der Waals surface area contributed by atoms with Gasteiger partial charge in [-0.25, -0.2) is 0 Å². The third-order valence-corrected chi connectivity index (χ3v) is 6.71. The molecule has 37 heavy (non-hydrogen) atoms. The van der Waals surface area contributed by atoms with Crippen LogP contribution >= 0.6 is 23.2 Å². The van der Waals surface area contributed by atoms with Crippen LogP contribution < -0.4 is 14.8 Å². The van der Waals surface area contributed by atoms with E-state index < -0.39 is 5.91 Å². The molecule has 0 saturated carbocycles. The second kappa shape index (κ2) is 10.4. The van der Waals surface area contributed by atoms with Gasteiger partial charge >= 0.3 is 0 Å². The molecule has 1 atom stereocenters. The normalized spacial score (nSPS) is 16.6. The smallest absolute Gasteiger partial charge is 0.261 e. The van der Waals surface area contributed by atoms with Crippen LogP contribution in [-0.2, 0) is 4.74 Å². The number of halogens is 2. The minimum absolute atomic E-state index is 0.124. The summed E-state index contributed by atoms with van der Waals surface area (Å²) < 4.78 is 16.6. The zero-order chi connectivity index (χ0) is 26.1. The van der Waals surface area contributed by atoms with Crippen LogP contribution in [0, 0.1) is 0 Å². The highest BCUT2D eigenvalue weighted by atomic mass is 35.5. The van der Waals surface area contributed by atoms with Crippen LogP contribution in [0.4, 0.5) is 5.69 Å². The van der Waals surface area contributed by atoms with Gasteiger partial charge < -0.3 is 19.5 Å². The highest BCUT2D eigenvalue weighted by Gasteiger charge is 2.37. The Morgan fingerprint density at radius 3 is 2.46 bits per heavy atom. The van der Waals surface area contributed by atoms with Crippen molar-refractivity contribution in [1.82, 2.24) is 4.90 Å². The average molecular weight is 541 g/mol. The van der Waals surface area contributed by atoms with Crippen LogP contribution in [0.2, 0.25) is 10.0 Å². The summed E-state index contributed by atoms with van der Waals surface area (Å²) in [5.74, 6) is -0.00626. The number of benzene rings is 3. The minimum Gasteiger partial charge on any atom is -0.494 e. The maximum absolute atomic E-state index is 12.9. The number of amides is 3. The van der Waals surface area contributed by atoms with Gasteiger partial charge in [0.2, 0.25) is 0 Å². The SMILES string of the molecule is COc1c(Cl)cc(C(=O)Nc2cccc(Oc3ccc4c(c3)C(=O)N(CC3CCCO3)C4=O)c2)cc1Cl. The molecule has 190 valence electrons. The Labute approximate surface area is 223 Å². The third-order valence-electron chi connectivity index (χ3n) is 6.14. The fourth-order valence-corrected chi connectivity index (χ4v) is 5.00. The quantitative estimate of drug-likeness (QED) is 0.379. The van der Waals surface area contributed by atoms with Gasteiger partial charge in [0.05, 0.1) is 40.9 Å². The van der Waals surface area contributed by atoms with Crippen molar-refractivity contribution < 1.29 is 28.6 Å². The molecule has 1 unspecified atom stereocenters. The molecule has 0 radical (unpaired) electrons. The Hall–Kier alpha value is -3.59. The van der Waals surface area contributed by atoms with Crippen LogP contribution in [0.3, 0.4) is 0 Å². The van der Waals surface area contributed by atoms with Crippen LogP contribution in [-0.4, -0.2) is 49.0 Å². The highest BCUT2D eigenvalue weighted by molar-refractivity contribution is 6.37. The van der Waals surface area contributed by atoms with Gasteiger partial charge in [-0.2, -0.15) is 0 Å². The number of hydrogen-bond donors (Lipinski definition) is 1. The topological polar surface area (TPSA) is 94.2 Å². The molecule has 2 aliphatic rings. The maximum Gasteiger partial charge on any atom is 0.261 e. The molecular weight excluding hydrogens is 519 g/mol. The molecule has 0 bridgehead atoms. The van der Waals surface area contributed by atoms with Crippen molar-refractivity contribution in [3.63, 3.8) is 0 Å². The number of carbonyl (C=O) groups excluding carboxylic acids is 3. The molecule has 3 aromatic carbocycles. The molecule has 5 rings (SSSR count). The van der Waals surface area contributed by atoms with E-state index in [-0.39, 0.29) is 40.1 Å². The van der Waals surface area contributed by atoms with Gasteiger partial charge in [0.15, 0.2) is 5.75 Å². The van der Waals surface area contributed by atoms with Crippen molar-refractivity contribution in [2.24, 2.45) is 0 Å². The predicted molar refractivity (Wildman–Crippen MR) is 138 cm³/mol. The van der Waals surface area contributed by atoms with Crippen molar-refractivity contribution >= 4 is 46.6 Å². The van der Waals surface area contributed by atoms with Crippen molar-refractivity contribution in [3.8, 4) is 17.2 Å². The van der Waals surface area contributed by atoms with E-state index >= 15 is 0 Å². The lowest BCUT2D eigenvalue weighted by atomic mass is 10.1. The lowest BCUT2D eigenvalue weighted by Gasteiger charge is -2.17. The second-order valence-corrected chi connectivity index (χ2v) is 9.43. The summed E-state index contributed by atoms with van der Waals surface area (Å²) in [5.41, 5.74) is 1.36. The monoisotopic (exact) mass is 540 g/mol. The van der Waals surface area contributed by atoms with Gasteiger partial charge in [-0.1, -0.05) is 29.3 Å². The Balaban J connectivity index is 1.29. The first kappa shape index (κ1) is 25.1. The van der Waals surface area contributed by atoms with Crippen LogP contribution in [0.5, 0.6) is 17.2 Å². The number of nitrogens with zero attached hydrogens (tertiary/aromatic N) is 1. The number of carbonyl (C=O) groups is 3. The first-order chi connectivity index (χ1) is 17.8. The van der Waals surface area contributed by atoms with Gasteiger partial charge in [-0.05, 0) is 55.3 Å². The molecule has 1 saturated heterocycles. The van der Waals surface area contributed by atoms with E-state index in [0.29, 0.717) is 40.7 Å². The lowest BCUT2D eigenvalue weighted by molar-refractivity contribution is 0.0475. The summed E-state index contributed by atoms with van der Waals surface area (Å²) in [4.78, 5) is 39.6. The van der Waals surface area contributed by atoms with Gasteiger partial charge in [0.1, 0.15) is 11.5 Å². The fraction of sp³-hybridized carbons (Fsp3) is 0.222. The van der Waals surface area contributed by atoms with Crippen molar-refractivity contribution in [3.05, 3.63) is 81.3 Å². The zero-order valence-electron chi connectivity index (χ0n) is 19.8. The molecule has 10 heteroatoms. The van der Waals surface area contributed by atoms with Crippen LogP contribution in [0.1, 0.15) is 43.9 Å². The van der Waals surface area contributed by atoms with Gasteiger partial charge in [0.25, 0.3) is 17.7 Å². The van der Waals surface area contributed by atoms with E-state index in [9.17, 15) is 14.4 Å². The van der Waals surface area contributed by atoms with Gasteiger partial charge in [-0.3, -0.25) is 19.3 Å². The summed E-state index contributed by atoms with van der Waals surface area (Å²) in [7, 11) is 1.44. The molecular formula is C27H22Cl2N2O6. The summed E-state index contributed by atoms with van der Waals surface area (Å²) in [6, 6.07) is 14.5. The lowest BCUT2D eigenvalue weighted by Crippen LogP contribution is -2.36. The van der Waals surface area contributed by atoms with E-state index in [0.717, 1.165) is 12.8 Å². The number of fused-ring (bicyclic) bond motifs is 1. The number of nitrogens with one attached hydrogen (secondary N) is 1. The molecule has 2 heterocycles. The van der Waals surface area contributed by atoms with Gasteiger partial charge in [0, 0.05) is 23.9 Å². The first-order valence-electron chi connectivity index (χ1n) is 11.6. The average Bonchev–Trinajstić information content (AvgIpc) is 3.47. The van der Waals surface area contributed by atoms with Crippen LogP contribution in [0.15, 0.2) is 54.6 Å². The van der Waals surface area contributed by atoms with Gasteiger partial charge in [-0.15, -0.1) is 0 Å². The number of rotatable bonds is 7. The zero-order valence-corrected chi connectivity index (χ0v) is 21.3. The fourth-order valence-electron chi connectivity index (χ4n) is 4.35. The Kier molecular flexibility index (Phi) is 7.06. The van der Waals surface area contributed by atoms with E-state index in [1.807, 2.05) is 0 Å². The van der Waals surface area contributed by atoms with E-state index in [2.05, 4.69) is 5.32 Å². The maximum atomic E-state index is 12.9. The molecule has 0 aliphatic carbocycles. The number of hydrogen-bond acceptors (Lipinski definition) is 6. The van der Waals surface area contributed by atoms with E-state index in [1.165, 1.54) is 24.1 Å². The van der Waals surface area contributed by atoms with Crippen LogP contribution in [0.25, 0.3) is 0 Å². The molecule has 2 aliphatic heterocycles. The Morgan fingerprint density at radius 2 is 1.76 bits per heavy atom. The predicted octanol–water partition coefficient (Wildman–Crippen LogP) is 5.82. The summed E-state index contributed by atoms with van der Waals surface area (Å²) in [5, 5.41) is 3.21. The molecule has 0 spiro atoms. The largest absolute Gasteiger partial charge is 0.494 e. The molecule has 1 N–H and O–H groups in total. The molecule has 1 fully saturated rings. The van der Waals surface area contributed by atoms with E-state index in [4.69, 9.17) is 37.4 Å². The summed E-state index contributed by atoms with van der Waals surface area (Å²) in [6.07, 6.45) is 1.63. The minimum atomic E-state index is -0.420. The molecule has 0 aromatic heterocycles. The Morgan fingerprint density at radius 1 is 1.03 bits per heavy atom. The summed E-state index contributed by atoms with van der Waals surface area (Å²) in [6.45, 7) is 0.891. The second-order valence-electron chi connectivity index (χ2n) is 8.62. The van der Waals surface area contributed by atoms with Crippen molar-refractivity contribution in [1.29, 1.82) is 0 Å². The standard InChI is InChI=1S/C27H22Cl2N2O6/c1-35-24-22(28)10-15(11-23(24)29)25(32)30-16-4-2-5-17(12-16)37-18-7-8-20-21(13-18)27(34)31(26(20)33)14-19-6-3-9-36-19/h2,4-5,7-8,10-13,19H,3,6,9,14H2,1H3,(H,30,32). The number of anilines is 1. The molecule has 8 nitrogen and oxygen atoms in total. The summed E-state index contributed by atoms with van der Waals surface area (Å²) >= 11 is 12.3.